The Hall–Kier alpha value is -2.14. The van der Waals surface area contributed by atoms with Crippen LogP contribution in [0.4, 0.5) is 10.2 Å². The van der Waals surface area contributed by atoms with Crippen LogP contribution in [0.25, 0.3) is 0 Å². The number of hydrogen-bond acceptors (Lipinski definition) is 3. The van der Waals surface area contributed by atoms with Crippen LogP contribution in [0.5, 0.6) is 0 Å². The summed E-state index contributed by atoms with van der Waals surface area (Å²) in [6, 6.07) is 7.59. The van der Waals surface area contributed by atoms with Gasteiger partial charge in [0.05, 0.1) is 10.6 Å². The smallest absolute Gasteiger partial charge is 0.337 e. The lowest BCUT2D eigenvalue weighted by molar-refractivity contribution is 0.0697. The summed E-state index contributed by atoms with van der Waals surface area (Å²) in [7, 11) is 1.74. The van der Waals surface area contributed by atoms with Crippen LogP contribution in [-0.2, 0) is 6.54 Å². The summed E-state index contributed by atoms with van der Waals surface area (Å²) in [5.41, 5.74) is 0.754. The fourth-order valence-corrected chi connectivity index (χ4v) is 1.97. The van der Waals surface area contributed by atoms with E-state index in [-0.39, 0.29) is 16.4 Å². The first-order valence-electron chi connectivity index (χ1n) is 5.82. The summed E-state index contributed by atoms with van der Waals surface area (Å²) < 4.78 is 13.1. The number of pyridine rings is 1. The molecule has 0 amide bonds. The average Bonchev–Trinajstić information content (AvgIpc) is 2.38. The summed E-state index contributed by atoms with van der Waals surface area (Å²) in [6.07, 6.45) is 1.29. The molecule has 0 spiro atoms. The van der Waals surface area contributed by atoms with E-state index in [1.165, 1.54) is 24.4 Å². The standard InChI is InChI=1S/C14H12ClFN2O2/c1-18(8-9-3-2-4-10(16)5-9)13-6-11(14(19)20)12(15)7-17-13/h2-7H,8H2,1H3,(H,19,20). The van der Waals surface area contributed by atoms with Gasteiger partial charge >= 0.3 is 5.97 Å². The van der Waals surface area contributed by atoms with Gasteiger partial charge in [0.15, 0.2) is 0 Å². The monoisotopic (exact) mass is 294 g/mol. The number of hydrogen-bond donors (Lipinski definition) is 1. The van der Waals surface area contributed by atoms with Gasteiger partial charge in [-0.15, -0.1) is 0 Å². The molecule has 0 saturated carbocycles. The van der Waals surface area contributed by atoms with Crippen molar-refractivity contribution >= 4 is 23.4 Å². The van der Waals surface area contributed by atoms with Crippen molar-refractivity contribution in [1.82, 2.24) is 4.98 Å². The second-order valence-electron chi connectivity index (χ2n) is 4.31. The molecule has 1 aromatic heterocycles. The van der Waals surface area contributed by atoms with Crippen LogP contribution in [0.15, 0.2) is 36.5 Å². The van der Waals surface area contributed by atoms with E-state index in [4.69, 9.17) is 16.7 Å². The Morgan fingerprint density at radius 2 is 2.20 bits per heavy atom. The predicted molar refractivity (Wildman–Crippen MR) is 74.7 cm³/mol. The molecule has 2 aromatic rings. The summed E-state index contributed by atoms with van der Waals surface area (Å²) in [5, 5.41) is 9.10. The number of rotatable bonds is 4. The van der Waals surface area contributed by atoms with Crippen LogP contribution in [0.3, 0.4) is 0 Å². The van der Waals surface area contributed by atoms with E-state index in [0.29, 0.717) is 12.4 Å². The van der Waals surface area contributed by atoms with Gasteiger partial charge in [-0.25, -0.2) is 14.2 Å². The fourth-order valence-electron chi connectivity index (χ4n) is 1.79. The highest BCUT2D eigenvalue weighted by molar-refractivity contribution is 6.33. The Kier molecular flexibility index (Phi) is 4.20. The number of benzene rings is 1. The number of anilines is 1. The molecule has 0 aliphatic heterocycles. The highest BCUT2D eigenvalue weighted by Gasteiger charge is 2.13. The molecule has 0 radical (unpaired) electrons. The van der Waals surface area contributed by atoms with Crippen LogP contribution in [0, 0.1) is 5.82 Å². The highest BCUT2D eigenvalue weighted by atomic mass is 35.5. The van der Waals surface area contributed by atoms with Gasteiger partial charge < -0.3 is 10.0 Å². The minimum atomic E-state index is -1.11. The molecule has 1 heterocycles. The third-order valence-electron chi connectivity index (χ3n) is 2.77. The largest absolute Gasteiger partial charge is 0.478 e. The average molecular weight is 295 g/mol. The number of nitrogens with zero attached hydrogens (tertiary/aromatic N) is 2. The van der Waals surface area contributed by atoms with E-state index in [2.05, 4.69) is 4.98 Å². The molecule has 104 valence electrons. The van der Waals surface area contributed by atoms with Crippen molar-refractivity contribution in [2.45, 2.75) is 6.54 Å². The zero-order valence-electron chi connectivity index (χ0n) is 10.7. The molecular formula is C14H12ClFN2O2. The molecule has 0 saturated heterocycles. The van der Waals surface area contributed by atoms with Gasteiger partial charge in [-0.1, -0.05) is 23.7 Å². The van der Waals surface area contributed by atoms with Crippen molar-refractivity contribution < 1.29 is 14.3 Å². The number of carbonyl (C=O) groups is 1. The first kappa shape index (κ1) is 14.3. The van der Waals surface area contributed by atoms with Gasteiger partial charge in [-0.2, -0.15) is 0 Å². The fraction of sp³-hybridized carbons (Fsp3) is 0.143. The lowest BCUT2D eigenvalue weighted by Gasteiger charge is -2.18. The molecule has 2 rings (SSSR count). The third kappa shape index (κ3) is 3.24. The minimum absolute atomic E-state index is 0.0113. The van der Waals surface area contributed by atoms with Crippen molar-refractivity contribution in [3.8, 4) is 0 Å². The number of carboxylic acids is 1. The first-order valence-corrected chi connectivity index (χ1v) is 6.19. The highest BCUT2D eigenvalue weighted by Crippen LogP contribution is 2.21. The summed E-state index contributed by atoms with van der Waals surface area (Å²) >= 11 is 5.77. The van der Waals surface area contributed by atoms with Crippen LogP contribution in [0.2, 0.25) is 5.02 Å². The summed E-state index contributed by atoms with van der Waals surface area (Å²) in [6.45, 7) is 0.408. The lowest BCUT2D eigenvalue weighted by atomic mass is 10.2. The molecule has 6 heteroatoms. The zero-order valence-corrected chi connectivity index (χ0v) is 11.4. The Morgan fingerprint density at radius 1 is 1.45 bits per heavy atom. The van der Waals surface area contributed by atoms with Crippen LogP contribution >= 0.6 is 11.6 Å². The molecule has 1 aromatic carbocycles. The predicted octanol–water partition coefficient (Wildman–Crippen LogP) is 3.21. The Balaban J connectivity index is 2.23. The lowest BCUT2D eigenvalue weighted by Crippen LogP contribution is -2.18. The molecule has 4 nitrogen and oxygen atoms in total. The quantitative estimate of drug-likeness (QED) is 0.941. The van der Waals surface area contributed by atoms with Gasteiger partial charge in [-0.3, -0.25) is 0 Å². The van der Waals surface area contributed by atoms with E-state index in [0.717, 1.165) is 5.56 Å². The summed E-state index contributed by atoms with van der Waals surface area (Å²) in [4.78, 5) is 16.8. The molecule has 1 N–H and O–H groups in total. The van der Waals surface area contributed by atoms with E-state index in [1.54, 1.807) is 24.1 Å². The topological polar surface area (TPSA) is 53.4 Å². The Bertz CT molecular complexity index is 649. The van der Waals surface area contributed by atoms with Crippen molar-refractivity contribution in [2.24, 2.45) is 0 Å². The molecule has 20 heavy (non-hydrogen) atoms. The van der Waals surface area contributed by atoms with Crippen molar-refractivity contribution in [3.63, 3.8) is 0 Å². The normalized spacial score (nSPS) is 10.3. The van der Waals surface area contributed by atoms with Crippen molar-refractivity contribution in [1.29, 1.82) is 0 Å². The van der Waals surface area contributed by atoms with E-state index in [9.17, 15) is 9.18 Å². The van der Waals surface area contributed by atoms with Crippen molar-refractivity contribution in [3.05, 3.63) is 58.5 Å². The molecule has 0 unspecified atom stereocenters. The maximum absolute atomic E-state index is 13.1. The Labute approximate surface area is 120 Å². The minimum Gasteiger partial charge on any atom is -0.478 e. The van der Waals surface area contributed by atoms with E-state index >= 15 is 0 Å². The molecular weight excluding hydrogens is 283 g/mol. The van der Waals surface area contributed by atoms with Crippen LogP contribution in [-0.4, -0.2) is 23.1 Å². The number of aromatic carboxylic acids is 1. The maximum Gasteiger partial charge on any atom is 0.337 e. The molecule has 0 fully saturated rings. The van der Waals surface area contributed by atoms with Gasteiger partial charge in [0, 0.05) is 19.8 Å². The second kappa shape index (κ2) is 5.88. The van der Waals surface area contributed by atoms with Gasteiger partial charge in [0.25, 0.3) is 0 Å². The van der Waals surface area contributed by atoms with E-state index in [1.807, 2.05) is 0 Å². The third-order valence-corrected chi connectivity index (χ3v) is 3.07. The number of carboxylic acid groups (broad SMARTS) is 1. The molecule has 0 aliphatic carbocycles. The second-order valence-corrected chi connectivity index (χ2v) is 4.72. The molecule has 0 atom stereocenters. The van der Waals surface area contributed by atoms with E-state index < -0.39 is 5.97 Å². The molecule has 0 aliphatic rings. The van der Waals surface area contributed by atoms with Gasteiger partial charge in [-0.05, 0) is 23.8 Å². The van der Waals surface area contributed by atoms with Crippen LogP contribution in [0.1, 0.15) is 15.9 Å². The van der Waals surface area contributed by atoms with Gasteiger partial charge in [0.2, 0.25) is 0 Å². The molecule has 0 bridgehead atoms. The Morgan fingerprint density at radius 3 is 2.85 bits per heavy atom. The SMILES string of the molecule is CN(Cc1cccc(F)c1)c1cc(C(=O)O)c(Cl)cn1. The van der Waals surface area contributed by atoms with Crippen molar-refractivity contribution in [2.75, 3.05) is 11.9 Å². The number of halogens is 2. The summed E-state index contributed by atoms with van der Waals surface area (Å²) in [5.74, 6) is -0.972. The van der Waals surface area contributed by atoms with Gasteiger partial charge in [0.1, 0.15) is 11.6 Å². The number of aromatic nitrogens is 1. The van der Waals surface area contributed by atoms with Crippen LogP contribution < -0.4 is 4.90 Å². The first-order chi connectivity index (χ1) is 9.47. The zero-order chi connectivity index (χ0) is 14.7. The maximum atomic E-state index is 13.1.